The van der Waals surface area contributed by atoms with Gasteiger partial charge in [-0.25, -0.2) is 9.11 Å². The van der Waals surface area contributed by atoms with Crippen LogP contribution >= 0.6 is 23.5 Å². The lowest BCUT2D eigenvalue weighted by Crippen LogP contribution is -2.29. The number of hydrogen-bond donors (Lipinski definition) is 3. The second kappa shape index (κ2) is 9.22. The van der Waals surface area contributed by atoms with Gasteiger partial charge in [0.2, 0.25) is 0 Å². The minimum absolute atomic E-state index is 0.0742. The Balaban J connectivity index is 2.04. The molecule has 1 aliphatic rings. The van der Waals surface area contributed by atoms with E-state index in [9.17, 15) is 48.3 Å². The van der Waals surface area contributed by atoms with Gasteiger partial charge in [-0.2, -0.15) is 4.98 Å². The van der Waals surface area contributed by atoms with Gasteiger partial charge in [0, 0.05) is 18.2 Å². The molecular weight excluding hydrogens is 479 g/mol. The molecule has 20 heteroatoms. The van der Waals surface area contributed by atoms with Crippen molar-refractivity contribution >= 4 is 29.3 Å². The van der Waals surface area contributed by atoms with Crippen LogP contribution in [0, 0.1) is 0 Å². The number of nitrogen functional groups attached to an aromatic ring is 1. The Morgan fingerprint density at radius 2 is 1.87 bits per heavy atom. The lowest BCUT2D eigenvalue weighted by Gasteiger charge is -2.37. The van der Waals surface area contributed by atoms with Crippen molar-refractivity contribution in [2.45, 2.75) is 31.5 Å². The predicted octanol–water partition coefficient (Wildman–Crippen LogP) is -4.22. The van der Waals surface area contributed by atoms with E-state index in [0.29, 0.717) is 0 Å². The van der Waals surface area contributed by atoms with Crippen LogP contribution < -0.4 is 31.0 Å². The van der Waals surface area contributed by atoms with Gasteiger partial charge >= 0.3 is 5.69 Å². The third-order valence-corrected chi connectivity index (χ3v) is 7.21. The minimum Gasteiger partial charge on any atom is -0.790 e. The van der Waals surface area contributed by atoms with Crippen LogP contribution in [0.4, 0.5) is 5.82 Å². The van der Waals surface area contributed by atoms with E-state index in [1.54, 1.807) is 0 Å². The number of phosphoric acid groups is 3. The van der Waals surface area contributed by atoms with E-state index >= 15 is 0 Å². The molecule has 2 heterocycles. The molecule has 1 aromatic heterocycles. The largest absolute Gasteiger partial charge is 0.790 e. The maximum absolute atomic E-state index is 11.9. The van der Waals surface area contributed by atoms with E-state index < -0.39 is 60.8 Å². The molecule has 1 aromatic rings. The molecule has 5 unspecified atom stereocenters. The highest BCUT2D eigenvalue weighted by Crippen LogP contribution is 2.60. The average Bonchev–Trinajstić information content (AvgIpc) is 2.90. The summed E-state index contributed by atoms with van der Waals surface area (Å²) in [6, 6.07) is 0. The third-order valence-electron chi connectivity index (χ3n) is 3.54. The van der Waals surface area contributed by atoms with E-state index in [-0.39, 0.29) is 17.8 Å². The summed E-state index contributed by atoms with van der Waals surface area (Å²) in [6.45, 7) is -1.58. The topological polar surface area (TPSA) is 282 Å². The Bertz CT molecular complexity index is 976. The molecule has 0 aromatic carbocycles. The molecule has 1 aliphatic heterocycles. The molecule has 30 heavy (non-hydrogen) atoms. The summed E-state index contributed by atoms with van der Waals surface area (Å²) in [5.74, 6) is -0.230. The van der Waals surface area contributed by atoms with Crippen molar-refractivity contribution in [2.24, 2.45) is 0 Å². The number of aliphatic hydroxyl groups excluding tert-OH is 2. The van der Waals surface area contributed by atoms with Gasteiger partial charge in [-0.1, -0.05) is 0 Å². The third kappa shape index (κ3) is 7.00. The number of aromatic nitrogens is 2. The molecule has 1 saturated heterocycles. The summed E-state index contributed by atoms with van der Waals surface area (Å²) < 4.78 is 49.6. The molecule has 4 N–H and O–H groups in total. The summed E-state index contributed by atoms with van der Waals surface area (Å²) in [7, 11) is -18.0. The maximum Gasteiger partial charge on any atom is 0.351 e. The van der Waals surface area contributed by atoms with Crippen LogP contribution in [-0.4, -0.2) is 38.6 Å². The highest BCUT2D eigenvalue weighted by molar-refractivity contribution is 7.64. The highest BCUT2D eigenvalue weighted by Gasteiger charge is 2.37. The molecule has 172 valence electrons. The van der Waals surface area contributed by atoms with Crippen LogP contribution in [0.3, 0.4) is 0 Å². The molecule has 0 aliphatic carbocycles. The summed E-state index contributed by atoms with van der Waals surface area (Å²) in [5, 5.41) is 19.1. The molecule has 0 saturated carbocycles. The number of phosphoric ester groups is 1. The summed E-state index contributed by atoms with van der Waals surface area (Å²) >= 11 is 0. The van der Waals surface area contributed by atoms with Gasteiger partial charge in [-0.3, -0.25) is 18.0 Å². The smallest absolute Gasteiger partial charge is 0.351 e. The van der Waals surface area contributed by atoms with E-state index in [1.807, 2.05) is 0 Å². The van der Waals surface area contributed by atoms with Gasteiger partial charge in [0.05, 0.1) is 27.1 Å². The number of aliphatic hydroxyl groups is 2. The van der Waals surface area contributed by atoms with E-state index in [2.05, 4.69) is 18.1 Å². The van der Waals surface area contributed by atoms with Crippen LogP contribution in [0.1, 0.15) is 18.2 Å². The zero-order valence-corrected chi connectivity index (χ0v) is 17.2. The first kappa shape index (κ1) is 25.2. The molecule has 1 fully saturated rings. The maximum atomic E-state index is 11.9. The molecule has 0 radical (unpaired) electrons. The standard InChI is InChI=1S/C10H18N3O14P3/c11-9-5(3-14)2-13(10(16)12-9)8-1-6(15)7(25-8)4-24-29(20,21)27-30(22,23)26-28(17,18)19/h2,6-8,14-15H,1,3-4H2,(H,20,21)(H,22,23)(H2,11,12,16)(H2,17,18,19)/p-4. The lowest BCUT2D eigenvalue weighted by atomic mass is 10.2. The molecule has 5 atom stereocenters. The molecule has 17 nitrogen and oxygen atoms in total. The van der Waals surface area contributed by atoms with Crippen molar-refractivity contribution in [3.63, 3.8) is 0 Å². The van der Waals surface area contributed by atoms with Gasteiger partial charge in [0.1, 0.15) is 18.1 Å². The van der Waals surface area contributed by atoms with Crippen molar-refractivity contribution in [3.05, 3.63) is 22.2 Å². The Kier molecular flexibility index (Phi) is 7.76. The Morgan fingerprint density at radius 3 is 2.43 bits per heavy atom. The Morgan fingerprint density at radius 1 is 1.23 bits per heavy atom. The zero-order valence-electron chi connectivity index (χ0n) is 14.5. The van der Waals surface area contributed by atoms with Crippen molar-refractivity contribution in [1.82, 2.24) is 9.55 Å². The number of nitrogens with two attached hydrogens (primary N) is 1. The fraction of sp³-hybridized carbons (Fsp3) is 0.600. The summed E-state index contributed by atoms with van der Waals surface area (Å²) in [5.41, 5.74) is 4.63. The second-order valence-electron chi connectivity index (χ2n) is 5.73. The Hall–Kier alpha value is -1.03. The van der Waals surface area contributed by atoms with Crippen LogP contribution in [0.25, 0.3) is 0 Å². The minimum atomic E-state index is -6.13. The SMILES string of the molecule is Nc1nc(=O)n(C2CC(O)C(COP(=O)([O-])OP(=O)([O-])OP(=O)([O-])[O-])O2)cc1CO. The van der Waals surface area contributed by atoms with Crippen LogP contribution in [0.15, 0.2) is 11.0 Å². The molecule has 0 spiro atoms. The number of rotatable bonds is 9. The first-order valence-electron chi connectivity index (χ1n) is 7.66. The van der Waals surface area contributed by atoms with Crippen molar-refractivity contribution in [2.75, 3.05) is 12.3 Å². The summed E-state index contributed by atoms with van der Waals surface area (Å²) in [4.78, 5) is 58.5. The van der Waals surface area contributed by atoms with E-state index in [0.717, 1.165) is 10.8 Å². The second-order valence-corrected chi connectivity index (χ2v) is 9.98. The van der Waals surface area contributed by atoms with Crippen molar-refractivity contribution < 1.29 is 61.4 Å². The number of nitrogens with zero attached hydrogens (tertiary/aromatic N) is 2. The number of hydrogen-bond acceptors (Lipinski definition) is 16. The fourth-order valence-electron chi connectivity index (χ4n) is 2.33. The highest BCUT2D eigenvalue weighted by atomic mass is 31.3. The summed E-state index contributed by atoms with van der Waals surface area (Å²) in [6.07, 6.45) is -3.14. The van der Waals surface area contributed by atoms with E-state index in [1.165, 1.54) is 0 Å². The van der Waals surface area contributed by atoms with Crippen LogP contribution in [0.5, 0.6) is 0 Å². The fourth-order valence-corrected chi connectivity index (χ4v) is 5.20. The normalized spacial score (nSPS) is 26.3. The molecule has 0 amide bonds. The average molecular weight is 493 g/mol. The monoisotopic (exact) mass is 493 g/mol. The van der Waals surface area contributed by atoms with E-state index in [4.69, 9.17) is 10.5 Å². The van der Waals surface area contributed by atoms with Gasteiger partial charge in [-0.05, 0) is 0 Å². The van der Waals surface area contributed by atoms with Crippen molar-refractivity contribution in [3.8, 4) is 0 Å². The van der Waals surface area contributed by atoms with Crippen molar-refractivity contribution in [1.29, 1.82) is 0 Å². The lowest BCUT2D eigenvalue weighted by molar-refractivity contribution is -0.339. The molecule has 2 rings (SSSR count). The number of anilines is 1. The van der Waals surface area contributed by atoms with Gasteiger partial charge in [0.25, 0.3) is 15.6 Å². The van der Waals surface area contributed by atoms with Crippen LogP contribution in [-0.2, 0) is 38.2 Å². The van der Waals surface area contributed by atoms with Gasteiger partial charge < -0.3 is 49.3 Å². The number of ether oxygens (including phenoxy) is 1. The first-order chi connectivity index (χ1) is 13.6. The van der Waals surface area contributed by atoms with Gasteiger partial charge in [-0.15, -0.1) is 0 Å². The Labute approximate surface area is 167 Å². The molecule has 0 bridgehead atoms. The zero-order chi connectivity index (χ0) is 22.9. The quantitative estimate of drug-likeness (QED) is 0.275. The van der Waals surface area contributed by atoms with Crippen LogP contribution in [0.2, 0.25) is 0 Å². The molecular formula is C10H14N3O14P3-4. The predicted molar refractivity (Wildman–Crippen MR) is 84.3 cm³/mol. The first-order valence-corrected chi connectivity index (χ1v) is 12.0. The van der Waals surface area contributed by atoms with Gasteiger partial charge in [0.15, 0.2) is 0 Å².